The first-order valence-electron chi connectivity index (χ1n) is 10.7. The van der Waals surface area contributed by atoms with Gasteiger partial charge in [-0.3, -0.25) is 9.36 Å². The summed E-state index contributed by atoms with van der Waals surface area (Å²) in [6.07, 6.45) is 2.15. The minimum absolute atomic E-state index is 0.0718. The van der Waals surface area contributed by atoms with Crippen LogP contribution in [-0.2, 0) is 23.7 Å². The number of fused-ring (bicyclic) bond motifs is 3. The Hall–Kier alpha value is -3.34. The Bertz CT molecular complexity index is 1230. The molecular weight excluding hydrogens is 390 g/mol. The number of rotatable bonds is 2. The van der Waals surface area contributed by atoms with Gasteiger partial charge in [-0.05, 0) is 42.9 Å². The lowest BCUT2D eigenvalue weighted by Crippen LogP contribution is -2.50. The molecule has 8 nitrogen and oxygen atoms in total. The number of ketones is 1. The van der Waals surface area contributed by atoms with Crippen LogP contribution in [0.4, 0.5) is 0 Å². The fraction of sp³-hybridized carbons (Fsp3) is 0.478. The lowest BCUT2D eigenvalue weighted by Gasteiger charge is -2.48. The molecule has 2 aliphatic rings. The average molecular weight is 416 g/mol. The van der Waals surface area contributed by atoms with Gasteiger partial charge in [-0.2, -0.15) is 10.1 Å². The summed E-state index contributed by atoms with van der Waals surface area (Å²) >= 11 is 0. The summed E-state index contributed by atoms with van der Waals surface area (Å²) in [5, 5.41) is 22.5. The molecule has 4 atom stereocenters. The van der Waals surface area contributed by atoms with Crippen LogP contribution >= 0.6 is 0 Å². The van der Waals surface area contributed by atoms with Gasteiger partial charge in [-0.25, -0.2) is 4.98 Å². The van der Waals surface area contributed by atoms with Crippen LogP contribution in [0.1, 0.15) is 43.6 Å². The number of carbonyl (C=O) groups is 1. The molecule has 0 N–H and O–H groups in total. The molecule has 0 saturated heterocycles. The van der Waals surface area contributed by atoms with Crippen molar-refractivity contribution < 1.29 is 4.79 Å². The van der Waals surface area contributed by atoms with Gasteiger partial charge in [0.25, 0.3) is 5.95 Å². The van der Waals surface area contributed by atoms with Crippen molar-refractivity contribution in [3.05, 3.63) is 41.2 Å². The zero-order valence-corrected chi connectivity index (χ0v) is 18.2. The molecule has 158 valence electrons. The number of nitrogens with zero attached hydrogens (tertiary/aromatic N) is 7. The molecule has 1 aromatic carbocycles. The first-order chi connectivity index (χ1) is 14.8. The van der Waals surface area contributed by atoms with E-state index in [9.17, 15) is 10.1 Å². The van der Waals surface area contributed by atoms with E-state index in [-0.39, 0.29) is 23.0 Å². The largest absolute Gasteiger partial charge is 0.298 e. The van der Waals surface area contributed by atoms with Crippen molar-refractivity contribution in [3.8, 4) is 23.4 Å². The summed E-state index contributed by atoms with van der Waals surface area (Å²) in [7, 11) is 1.75. The highest BCUT2D eigenvalue weighted by molar-refractivity contribution is 5.87. The molecule has 0 aliphatic heterocycles. The Morgan fingerprint density at radius 3 is 2.74 bits per heavy atom. The minimum atomic E-state index is -0.594. The first kappa shape index (κ1) is 19.6. The van der Waals surface area contributed by atoms with E-state index in [1.807, 2.05) is 23.6 Å². The van der Waals surface area contributed by atoms with E-state index in [1.54, 1.807) is 7.05 Å². The van der Waals surface area contributed by atoms with E-state index < -0.39 is 5.92 Å². The van der Waals surface area contributed by atoms with Crippen molar-refractivity contribution in [2.75, 3.05) is 0 Å². The number of imidazole rings is 1. The van der Waals surface area contributed by atoms with Crippen LogP contribution < -0.4 is 0 Å². The van der Waals surface area contributed by atoms with Crippen LogP contribution in [0.2, 0.25) is 0 Å². The van der Waals surface area contributed by atoms with Crippen molar-refractivity contribution >= 4 is 5.78 Å². The molecule has 2 aliphatic carbocycles. The summed E-state index contributed by atoms with van der Waals surface area (Å²) in [6.45, 7) is 6.21. The lowest BCUT2D eigenvalue weighted by atomic mass is 9.54. The van der Waals surface area contributed by atoms with Gasteiger partial charge in [-0.1, -0.05) is 43.2 Å². The van der Waals surface area contributed by atoms with Gasteiger partial charge in [0.05, 0.1) is 18.8 Å². The van der Waals surface area contributed by atoms with Gasteiger partial charge in [0.1, 0.15) is 11.7 Å². The smallest absolute Gasteiger partial charge is 0.276 e. The molecule has 31 heavy (non-hydrogen) atoms. The second kappa shape index (κ2) is 6.84. The molecule has 0 spiro atoms. The molecule has 0 amide bonds. The maximum absolute atomic E-state index is 12.7. The Morgan fingerprint density at radius 2 is 2.06 bits per heavy atom. The molecule has 0 bridgehead atoms. The molecule has 1 unspecified atom stereocenters. The number of tetrazole rings is 1. The number of nitriles is 1. The van der Waals surface area contributed by atoms with Gasteiger partial charge >= 0.3 is 0 Å². The number of hydrogen-bond donors (Lipinski definition) is 0. The van der Waals surface area contributed by atoms with Crippen LogP contribution in [0.3, 0.4) is 0 Å². The van der Waals surface area contributed by atoms with Gasteiger partial charge in [-0.15, -0.1) is 5.10 Å². The minimum Gasteiger partial charge on any atom is -0.298 e. The Labute approximate surface area is 180 Å². The zero-order valence-electron chi connectivity index (χ0n) is 18.2. The summed E-state index contributed by atoms with van der Waals surface area (Å²) in [5.41, 5.74) is 3.80. The first-order valence-corrected chi connectivity index (χ1v) is 10.7. The summed E-state index contributed by atoms with van der Waals surface area (Å²) in [4.78, 5) is 19.4. The van der Waals surface area contributed by atoms with Gasteiger partial charge in [0.15, 0.2) is 5.78 Å². The topological polar surface area (TPSA) is 102 Å². The van der Waals surface area contributed by atoms with E-state index in [1.165, 1.54) is 4.80 Å². The maximum atomic E-state index is 12.7. The van der Waals surface area contributed by atoms with Crippen molar-refractivity contribution in [2.24, 2.45) is 24.8 Å². The third kappa shape index (κ3) is 2.76. The van der Waals surface area contributed by atoms with E-state index in [0.717, 1.165) is 41.2 Å². The fourth-order valence-electron chi connectivity index (χ4n) is 5.71. The van der Waals surface area contributed by atoms with Crippen LogP contribution in [0.15, 0.2) is 24.3 Å². The zero-order chi connectivity index (χ0) is 21.9. The molecule has 2 aromatic heterocycles. The highest BCUT2D eigenvalue weighted by atomic mass is 16.1. The van der Waals surface area contributed by atoms with E-state index >= 15 is 0 Å². The van der Waals surface area contributed by atoms with Crippen LogP contribution in [-0.4, -0.2) is 35.5 Å². The fourth-order valence-corrected chi connectivity index (χ4v) is 5.71. The highest BCUT2D eigenvalue weighted by Crippen LogP contribution is 2.53. The summed E-state index contributed by atoms with van der Waals surface area (Å²) in [5.74, 6) is 0.772. The molecule has 8 heteroatoms. The number of hydrogen-bond acceptors (Lipinski definition) is 6. The third-order valence-electron chi connectivity index (χ3n) is 7.29. The average Bonchev–Trinajstić information content (AvgIpc) is 3.35. The highest BCUT2D eigenvalue weighted by Gasteiger charge is 2.54. The Balaban J connectivity index is 1.77. The van der Waals surface area contributed by atoms with Crippen molar-refractivity contribution in [3.63, 3.8) is 0 Å². The summed E-state index contributed by atoms with van der Waals surface area (Å²) in [6, 6.07) is 10.4. The van der Waals surface area contributed by atoms with E-state index in [0.29, 0.717) is 12.4 Å². The second-order valence-electron chi connectivity index (χ2n) is 9.10. The molecule has 2 heterocycles. The van der Waals surface area contributed by atoms with Crippen molar-refractivity contribution in [1.82, 2.24) is 29.8 Å². The quantitative estimate of drug-likeness (QED) is 0.638. The maximum Gasteiger partial charge on any atom is 0.276 e. The monoisotopic (exact) mass is 415 g/mol. The van der Waals surface area contributed by atoms with Gasteiger partial charge < -0.3 is 0 Å². The predicted molar refractivity (Wildman–Crippen MR) is 113 cm³/mol. The van der Waals surface area contributed by atoms with E-state index in [4.69, 9.17) is 4.98 Å². The number of aromatic nitrogens is 6. The predicted octanol–water partition coefficient (Wildman–Crippen LogP) is 2.94. The van der Waals surface area contributed by atoms with Gasteiger partial charge in [0, 0.05) is 22.6 Å². The number of Topliss-reactive ketones (excluding diaryl/α,β-unsaturated/α-hetero) is 1. The SMILES string of the molecule is Cc1ccccc1-c1nc2c(n1-c1nnn(C)n1)CC[C@H]1[C@H](C)C(=O)C(C#N)C[C@]21C. The molecule has 1 fully saturated rings. The number of aryl methyl sites for hydroxylation is 2. The molecule has 5 rings (SSSR count). The van der Waals surface area contributed by atoms with Crippen LogP contribution in [0, 0.1) is 36.0 Å². The van der Waals surface area contributed by atoms with Gasteiger partial charge in [0.2, 0.25) is 0 Å². The number of carbonyl (C=O) groups excluding carboxylic acids is 1. The van der Waals surface area contributed by atoms with E-state index in [2.05, 4.69) is 47.5 Å². The third-order valence-corrected chi connectivity index (χ3v) is 7.29. The van der Waals surface area contributed by atoms with Crippen LogP contribution in [0.25, 0.3) is 17.3 Å². The second-order valence-corrected chi connectivity index (χ2v) is 9.10. The standard InChI is InChI=1S/C23H25N7O/c1-13-7-5-6-8-16(13)21-25-20-18(30(21)22-26-28-29(4)27-22)10-9-17-14(2)19(31)15(12-24)11-23(17,20)3/h5-8,14-15,17H,9-11H2,1-4H3/t14-,15?,17-,23-/m0/s1. The number of benzene rings is 1. The Morgan fingerprint density at radius 1 is 1.29 bits per heavy atom. The molecular formula is C23H25N7O. The van der Waals surface area contributed by atoms with Crippen molar-refractivity contribution in [1.29, 1.82) is 5.26 Å². The Kier molecular flexibility index (Phi) is 4.33. The summed E-state index contributed by atoms with van der Waals surface area (Å²) < 4.78 is 2.02. The molecule has 3 aromatic rings. The van der Waals surface area contributed by atoms with Crippen molar-refractivity contribution in [2.45, 2.75) is 45.4 Å². The molecule has 0 radical (unpaired) electrons. The lowest BCUT2D eigenvalue weighted by molar-refractivity contribution is -0.132. The van der Waals surface area contributed by atoms with Crippen LogP contribution in [0.5, 0.6) is 0 Å². The molecule has 1 saturated carbocycles. The normalized spacial score (nSPS) is 27.5.